The van der Waals surface area contributed by atoms with E-state index < -0.39 is 15.9 Å². The molecule has 1 aromatic carbocycles. The van der Waals surface area contributed by atoms with E-state index in [-0.39, 0.29) is 17.3 Å². The van der Waals surface area contributed by atoms with Gasteiger partial charge in [0.25, 0.3) is 0 Å². The van der Waals surface area contributed by atoms with Gasteiger partial charge in [0.1, 0.15) is 5.75 Å². The number of sulfonamides is 1. The lowest BCUT2D eigenvalue weighted by molar-refractivity contribution is -0.120. The first-order chi connectivity index (χ1) is 14.4. The number of rotatable bonds is 5. The van der Waals surface area contributed by atoms with Crippen LogP contribution in [-0.4, -0.2) is 62.3 Å². The minimum Gasteiger partial charge on any atom is -0.497 e. The number of hydrogen-bond acceptors (Lipinski definition) is 7. The van der Waals surface area contributed by atoms with Crippen LogP contribution in [0, 0.1) is 5.92 Å². The molecule has 1 unspecified atom stereocenters. The summed E-state index contributed by atoms with van der Waals surface area (Å²) in [5.41, 5.74) is 1.06. The Morgan fingerprint density at radius 1 is 1.27 bits per heavy atom. The largest absolute Gasteiger partial charge is 0.497 e. The van der Waals surface area contributed by atoms with Crippen molar-refractivity contribution < 1.29 is 17.9 Å². The summed E-state index contributed by atoms with van der Waals surface area (Å²) in [6, 6.07) is 6.33. The normalized spacial score (nSPS) is 20.5. The molecule has 0 spiro atoms. The van der Waals surface area contributed by atoms with E-state index in [1.54, 1.807) is 12.1 Å². The second kappa shape index (κ2) is 8.62. The first kappa shape index (κ1) is 21.2. The lowest BCUT2D eigenvalue weighted by Crippen LogP contribution is -2.43. The van der Waals surface area contributed by atoms with Gasteiger partial charge in [0, 0.05) is 37.5 Å². The topological polar surface area (TPSA) is 91.8 Å². The van der Waals surface area contributed by atoms with E-state index in [4.69, 9.17) is 4.74 Å². The van der Waals surface area contributed by atoms with Crippen molar-refractivity contribution in [2.24, 2.45) is 5.92 Å². The molecule has 2 aromatic rings. The second-order valence-corrected chi connectivity index (χ2v) is 10.8. The Morgan fingerprint density at radius 3 is 2.77 bits per heavy atom. The average Bonchev–Trinajstić information content (AvgIpc) is 3.15. The van der Waals surface area contributed by atoms with Gasteiger partial charge in [0.2, 0.25) is 15.9 Å². The van der Waals surface area contributed by atoms with Crippen LogP contribution in [0.5, 0.6) is 5.75 Å². The fourth-order valence-electron chi connectivity index (χ4n) is 3.86. The molecule has 1 N–H and O–H groups in total. The van der Waals surface area contributed by atoms with Crippen LogP contribution in [0.1, 0.15) is 23.4 Å². The van der Waals surface area contributed by atoms with Gasteiger partial charge < -0.3 is 15.0 Å². The number of piperidine rings is 1. The summed E-state index contributed by atoms with van der Waals surface area (Å²) in [6.07, 6.45) is 2.19. The first-order valence-corrected chi connectivity index (χ1v) is 12.2. The summed E-state index contributed by atoms with van der Waals surface area (Å²) in [5, 5.41) is 3.53. The highest BCUT2D eigenvalue weighted by atomic mass is 32.2. The molecule has 1 fully saturated rings. The number of likely N-dealkylation sites (N-methyl/N-ethyl adjacent to an activating group) is 1. The number of carbonyl (C=O) groups is 1. The number of anilines is 1. The number of carbonyl (C=O) groups excluding carboxylic acids is 1. The summed E-state index contributed by atoms with van der Waals surface area (Å²) in [7, 11) is -0.0490. The van der Waals surface area contributed by atoms with Crippen molar-refractivity contribution in [1.82, 2.24) is 14.2 Å². The number of amides is 1. The van der Waals surface area contributed by atoms with Crippen molar-refractivity contribution in [2.45, 2.75) is 30.7 Å². The van der Waals surface area contributed by atoms with Crippen LogP contribution in [0.25, 0.3) is 0 Å². The molecule has 10 heteroatoms. The molecule has 3 heterocycles. The Balaban J connectivity index is 1.43. The molecule has 2 aliphatic rings. The molecule has 0 aliphatic carbocycles. The minimum absolute atomic E-state index is 0.163. The summed E-state index contributed by atoms with van der Waals surface area (Å²) >= 11 is 1.51. The van der Waals surface area contributed by atoms with E-state index >= 15 is 0 Å². The molecule has 1 aromatic heterocycles. The number of aromatic nitrogens is 1. The van der Waals surface area contributed by atoms with Gasteiger partial charge in [-0.2, -0.15) is 4.31 Å². The third-order valence-corrected chi connectivity index (χ3v) is 8.48. The lowest BCUT2D eigenvalue weighted by Gasteiger charge is -2.31. The highest BCUT2D eigenvalue weighted by molar-refractivity contribution is 7.89. The Labute approximate surface area is 180 Å². The summed E-state index contributed by atoms with van der Waals surface area (Å²) in [5.74, 6) is 0.0432. The third kappa shape index (κ3) is 4.36. The Hall–Kier alpha value is -2.01. The molecule has 0 radical (unpaired) electrons. The first-order valence-electron chi connectivity index (χ1n) is 9.99. The number of ether oxygens (including phenoxy) is 1. The fourth-order valence-corrected chi connectivity index (χ4v) is 6.47. The highest BCUT2D eigenvalue weighted by Crippen LogP contribution is 2.30. The van der Waals surface area contributed by atoms with Crippen LogP contribution in [0.2, 0.25) is 0 Å². The van der Waals surface area contributed by atoms with E-state index in [2.05, 4.69) is 22.2 Å². The SMILES string of the molecule is COc1ccc(S(=O)(=O)N2CCCC(C(=O)Nc3nc4c(s3)CN(C)CC4)C2)cc1. The molecular weight excluding hydrogens is 424 g/mol. The van der Waals surface area contributed by atoms with Gasteiger partial charge in [-0.05, 0) is 44.2 Å². The summed E-state index contributed by atoms with van der Waals surface area (Å²) < 4.78 is 32.5. The van der Waals surface area contributed by atoms with Crippen LogP contribution >= 0.6 is 11.3 Å². The van der Waals surface area contributed by atoms with Crippen molar-refractivity contribution in [3.63, 3.8) is 0 Å². The molecule has 30 heavy (non-hydrogen) atoms. The quantitative estimate of drug-likeness (QED) is 0.751. The number of nitrogens with one attached hydrogen (secondary N) is 1. The number of hydrogen-bond donors (Lipinski definition) is 1. The number of methoxy groups -OCH3 is 1. The summed E-state index contributed by atoms with van der Waals surface area (Å²) in [4.78, 5) is 21.0. The predicted molar refractivity (Wildman–Crippen MR) is 115 cm³/mol. The van der Waals surface area contributed by atoms with Gasteiger partial charge in [-0.15, -0.1) is 11.3 Å². The van der Waals surface area contributed by atoms with Crippen LogP contribution < -0.4 is 10.1 Å². The molecule has 0 bridgehead atoms. The van der Waals surface area contributed by atoms with Gasteiger partial charge in [0.15, 0.2) is 5.13 Å². The average molecular weight is 451 g/mol. The Bertz CT molecular complexity index is 1020. The van der Waals surface area contributed by atoms with Crippen molar-refractivity contribution in [1.29, 1.82) is 0 Å². The standard InChI is InChI=1S/C20H26N4O4S2/c1-23-11-9-17-18(13-23)29-20(21-17)22-19(25)14-4-3-10-24(12-14)30(26,27)16-7-5-15(28-2)6-8-16/h5-8,14H,3-4,9-13H2,1-2H3,(H,21,22,25). The zero-order chi connectivity index (χ0) is 21.3. The molecule has 162 valence electrons. The third-order valence-electron chi connectivity index (χ3n) is 5.60. The molecule has 1 atom stereocenters. The summed E-state index contributed by atoms with van der Waals surface area (Å²) in [6.45, 7) is 2.40. The molecule has 1 saturated heterocycles. The van der Waals surface area contributed by atoms with Gasteiger partial charge in [-0.1, -0.05) is 0 Å². The number of benzene rings is 1. The monoisotopic (exact) mass is 450 g/mol. The predicted octanol–water partition coefficient (Wildman–Crippen LogP) is 2.18. The molecular formula is C20H26N4O4S2. The van der Waals surface area contributed by atoms with E-state index in [9.17, 15) is 13.2 Å². The molecule has 8 nitrogen and oxygen atoms in total. The van der Waals surface area contributed by atoms with Gasteiger partial charge in [0.05, 0.1) is 23.6 Å². The maximum Gasteiger partial charge on any atom is 0.243 e. The lowest BCUT2D eigenvalue weighted by atomic mass is 9.99. The Morgan fingerprint density at radius 2 is 2.03 bits per heavy atom. The number of nitrogens with zero attached hydrogens (tertiary/aromatic N) is 3. The zero-order valence-corrected chi connectivity index (χ0v) is 18.8. The van der Waals surface area contributed by atoms with E-state index in [1.807, 2.05) is 0 Å². The van der Waals surface area contributed by atoms with E-state index in [1.165, 1.54) is 39.8 Å². The van der Waals surface area contributed by atoms with Crippen LogP contribution in [0.4, 0.5) is 5.13 Å². The maximum atomic E-state index is 13.0. The smallest absolute Gasteiger partial charge is 0.243 e. The second-order valence-electron chi connectivity index (χ2n) is 7.74. The van der Waals surface area contributed by atoms with Crippen LogP contribution in [-0.2, 0) is 27.8 Å². The van der Waals surface area contributed by atoms with Crippen molar-refractivity contribution in [2.75, 3.05) is 39.1 Å². The van der Waals surface area contributed by atoms with Gasteiger partial charge in [-0.3, -0.25) is 4.79 Å². The van der Waals surface area contributed by atoms with Crippen molar-refractivity contribution >= 4 is 32.4 Å². The van der Waals surface area contributed by atoms with Gasteiger partial charge in [-0.25, -0.2) is 13.4 Å². The van der Waals surface area contributed by atoms with Crippen molar-refractivity contribution in [3.05, 3.63) is 34.8 Å². The molecule has 4 rings (SSSR count). The van der Waals surface area contributed by atoms with Crippen LogP contribution in [0.3, 0.4) is 0 Å². The zero-order valence-electron chi connectivity index (χ0n) is 17.1. The molecule has 2 aliphatic heterocycles. The number of fused-ring (bicyclic) bond motifs is 1. The van der Waals surface area contributed by atoms with Crippen molar-refractivity contribution in [3.8, 4) is 5.75 Å². The van der Waals surface area contributed by atoms with E-state index in [0.29, 0.717) is 30.3 Å². The molecule has 1 amide bonds. The van der Waals surface area contributed by atoms with Gasteiger partial charge >= 0.3 is 0 Å². The molecule has 0 saturated carbocycles. The fraction of sp³-hybridized carbons (Fsp3) is 0.500. The van der Waals surface area contributed by atoms with Crippen LogP contribution in [0.15, 0.2) is 29.2 Å². The minimum atomic E-state index is -3.66. The highest BCUT2D eigenvalue weighted by Gasteiger charge is 2.34. The number of thiazole rings is 1. The Kier molecular flexibility index (Phi) is 6.10. The maximum absolute atomic E-state index is 13.0. The van der Waals surface area contributed by atoms with E-state index in [0.717, 1.165) is 25.2 Å².